The van der Waals surface area contributed by atoms with Crippen molar-refractivity contribution in [2.45, 2.75) is 32.2 Å². The van der Waals surface area contributed by atoms with Gasteiger partial charge in [0.15, 0.2) is 16.6 Å². The van der Waals surface area contributed by atoms with Crippen LogP contribution in [0, 0.1) is 5.92 Å². The number of ether oxygens (including phenoxy) is 2. The fourth-order valence-corrected chi connectivity index (χ4v) is 4.94. The number of rotatable bonds is 8. The zero-order valence-corrected chi connectivity index (χ0v) is 20.0. The maximum atomic E-state index is 13.3. The van der Waals surface area contributed by atoms with Gasteiger partial charge in [-0.05, 0) is 48.6 Å². The van der Waals surface area contributed by atoms with Gasteiger partial charge in [0.1, 0.15) is 12.6 Å². The number of hydrogen-bond donors (Lipinski definition) is 2. The summed E-state index contributed by atoms with van der Waals surface area (Å²) in [6, 6.07) is 11.7. The van der Waals surface area contributed by atoms with Gasteiger partial charge in [-0.1, -0.05) is 36.0 Å². The first-order valence-corrected chi connectivity index (χ1v) is 12.2. The molecular weight excluding hydrogens is 472 g/mol. The number of nitrogens with zero attached hydrogens (tertiary/aromatic N) is 1. The Morgan fingerprint density at radius 3 is 2.71 bits per heavy atom. The van der Waals surface area contributed by atoms with Crippen molar-refractivity contribution in [1.29, 1.82) is 0 Å². The summed E-state index contributed by atoms with van der Waals surface area (Å²) in [6.45, 7) is 1.08. The first-order chi connectivity index (χ1) is 16.8. The summed E-state index contributed by atoms with van der Waals surface area (Å²) in [6.07, 6.45) is 1.19. The van der Waals surface area contributed by atoms with E-state index in [2.05, 4.69) is 5.32 Å². The molecule has 0 fully saturated rings. The third-order valence-corrected chi connectivity index (χ3v) is 6.91. The van der Waals surface area contributed by atoms with Crippen molar-refractivity contribution in [3.05, 3.63) is 53.6 Å². The van der Waals surface area contributed by atoms with E-state index in [9.17, 15) is 24.3 Å². The number of carbonyl (C=O) groups is 4. The molecule has 0 aromatic heterocycles. The van der Waals surface area contributed by atoms with Crippen LogP contribution in [0.3, 0.4) is 0 Å². The Morgan fingerprint density at radius 1 is 1.17 bits per heavy atom. The molecule has 35 heavy (non-hydrogen) atoms. The molecular formula is C25H26N2O7S. The van der Waals surface area contributed by atoms with Crippen molar-refractivity contribution in [2.24, 2.45) is 5.92 Å². The average molecular weight is 499 g/mol. The topological polar surface area (TPSA) is 122 Å². The van der Waals surface area contributed by atoms with E-state index in [0.717, 1.165) is 22.9 Å². The number of fused-ring (bicyclic) bond motifs is 2. The Kier molecular flexibility index (Phi) is 7.60. The molecule has 0 saturated heterocycles. The minimum absolute atomic E-state index is 0.109. The second kappa shape index (κ2) is 10.8. The molecule has 2 N–H and O–H groups in total. The minimum Gasteiger partial charge on any atom is -0.480 e. The van der Waals surface area contributed by atoms with Crippen molar-refractivity contribution in [3.8, 4) is 11.5 Å². The molecule has 0 unspecified atom stereocenters. The highest BCUT2D eigenvalue weighted by Crippen LogP contribution is 2.33. The number of amides is 2. The van der Waals surface area contributed by atoms with Crippen molar-refractivity contribution in [3.63, 3.8) is 0 Å². The van der Waals surface area contributed by atoms with Gasteiger partial charge in [-0.25, -0.2) is 0 Å². The third-order valence-electron chi connectivity index (χ3n) is 5.94. The Labute approximate surface area is 206 Å². The van der Waals surface area contributed by atoms with Crippen molar-refractivity contribution < 1.29 is 33.8 Å². The third kappa shape index (κ3) is 5.94. The molecule has 2 atom stereocenters. The minimum atomic E-state index is -1.14. The Hall–Kier alpha value is -3.53. The summed E-state index contributed by atoms with van der Waals surface area (Å²) in [5, 5.41) is 12.1. The largest absolute Gasteiger partial charge is 0.480 e. The van der Waals surface area contributed by atoms with Gasteiger partial charge < -0.3 is 19.9 Å². The van der Waals surface area contributed by atoms with Crippen LogP contribution in [0.25, 0.3) is 0 Å². The number of aryl methyl sites for hydroxylation is 1. The molecule has 9 nitrogen and oxygen atoms in total. The van der Waals surface area contributed by atoms with E-state index in [0.29, 0.717) is 36.4 Å². The average Bonchev–Trinajstić information content (AvgIpc) is 3.25. The molecule has 184 valence electrons. The molecule has 0 aliphatic carbocycles. The summed E-state index contributed by atoms with van der Waals surface area (Å²) in [5.74, 6) is -1.08. The smallest absolute Gasteiger partial charge is 0.323 e. The van der Waals surface area contributed by atoms with Crippen molar-refractivity contribution in [1.82, 2.24) is 5.32 Å². The fourth-order valence-electron chi connectivity index (χ4n) is 4.24. The maximum Gasteiger partial charge on any atom is 0.323 e. The molecule has 2 heterocycles. The summed E-state index contributed by atoms with van der Waals surface area (Å²) < 4.78 is 10.8. The summed E-state index contributed by atoms with van der Waals surface area (Å²) >= 11 is 1.05. The molecule has 2 aliphatic rings. The maximum absolute atomic E-state index is 13.3. The lowest BCUT2D eigenvalue weighted by molar-refractivity contribution is -0.137. The molecule has 2 amide bonds. The van der Waals surface area contributed by atoms with Crippen LogP contribution in [-0.4, -0.2) is 53.1 Å². The fraction of sp³-hybridized carbons (Fsp3) is 0.360. The Morgan fingerprint density at radius 2 is 1.94 bits per heavy atom. The molecule has 0 saturated carbocycles. The van der Waals surface area contributed by atoms with Crippen LogP contribution in [0.15, 0.2) is 42.5 Å². The molecule has 10 heteroatoms. The molecule has 2 aromatic rings. The van der Waals surface area contributed by atoms with E-state index in [1.54, 1.807) is 18.2 Å². The van der Waals surface area contributed by atoms with E-state index in [4.69, 9.17) is 9.47 Å². The number of nitrogens with one attached hydrogen (secondary N) is 1. The zero-order valence-electron chi connectivity index (χ0n) is 19.2. The van der Waals surface area contributed by atoms with Gasteiger partial charge >= 0.3 is 5.97 Å². The second-order valence-corrected chi connectivity index (χ2v) is 9.63. The number of carboxylic acid groups (broad SMARTS) is 1. The SMILES string of the molecule is CC(=O)SC[C@@H](Cc1ccc2c(c1)OCO2)C(=O)N[C@H]1CCc2ccccc2N(CC(=O)O)C1=O. The summed E-state index contributed by atoms with van der Waals surface area (Å²) in [4.78, 5) is 51.0. The molecule has 2 aliphatic heterocycles. The number of carboxylic acids is 1. The highest BCUT2D eigenvalue weighted by Gasteiger charge is 2.34. The van der Waals surface area contributed by atoms with E-state index >= 15 is 0 Å². The van der Waals surface area contributed by atoms with Gasteiger partial charge in [-0.3, -0.25) is 24.1 Å². The summed E-state index contributed by atoms with van der Waals surface area (Å²) in [7, 11) is 0. The van der Waals surface area contributed by atoms with Crippen molar-refractivity contribution in [2.75, 3.05) is 24.0 Å². The van der Waals surface area contributed by atoms with E-state index < -0.39 is 30.4 Å². The first kappa shape index (κ1) is 24.6. The van der Waals surface area contributed by atoms with Gasteiger partial charge in [-0.15, -0.1) is 0 Å². The van der Waals surface area contributed by atoms with Gasteiger partial charge in [0.2, 0.25) is 18.6 Å². The number of thioether (sulfide) groups is 1. The predicted octanol–water partition coefficient (Wildman–Crippen LogP) is 2.40. The lowest BCUT2D eigenvalue weighted by Crippen LogP contribution is -2.51. The lowest BCUT2D eigenvalue weighted by atomic mass is 9.98. The van der Waals surface area contributed by atoms with Crippen LogP contribution in [0.2, 0.25) is 0 Å². The monoisotopic (exact) mass is 498 g/mol. The van der Waals surface area contributed by atoms with Crippen LogP contribution < -0.4 is 19.7 Å². The second-order valence-electron chi connectivity index (χ2n) is 8.44. The van der Waals surface area contributed by atoms with Crippen LogP contribution in [0.4, 0.5) is 5.69 Å². The number of aliphatic carboxylic acids is 1. The van der Waals surface area contributed by atoms with Gasteiger partial charge in [0.25, 0.3) is 0 Å². The standard InChI is InChI=1S/C25H26N2O7S/c1-15(28)35-13-18(10-16-6-9-21-22(11-16)34-14-33-21)24(31)26-19-8-7-17-4-2-3-5-20(17)27(25(19)32)12-23(29)30/h2-6,9,11,18-19H,7-8,10,12-14H2,1H3,(H,26,31)(H,29,30)/t18-,19+/m1/s1. The number of carbonyl (C=O) groups excluding carboxylic acids is 3. The predicted molar refractivity (Wildman–Crippen MR) is 130 cm³/mol. The van der Waals surface area contributed by atoms with Crippen LogP contribution in [0.5, 0.6) is 11.5 Å². The number of para-hydroxylation sites is 1. The normalized spacial score (nSPS) is 17.3. The quantitative estimate of drug-likeness (QED) is 0.569. The summed E-state index contributed by atoms with van der Waals surface area (Å²) in [5.41, 5.74) is 2.23. The van der Waals surface area contributed by atoms with E-state index in [1.165, 1.54) is 11.8 Å². The molecule has 4 rings (SSSR count). The number of anilines is 1. The highest BCUT2D eigenvalue weighted by atomic mass is 32.2. The van der Waals surface area contributed by atoms with E-state index in [-0.39, 0.29) is 23.6 Å². The van der Waals surface area contributed by atoms with Crippen LogP contribution in [-0.2, 0) is 32.0 Å². The van der Waals surface area contributed by atoms with Gasteiger partial charge in [0, 0.05) is 18.4 Å². The highest BCUT2D eigenvalue weighted by molar-refractivity contribution is 8.13. The number of benzene rings is 2. The van der Waals surface area contributed by atoms with Gasteiger partial charge in [-0.2, -0.15) is 0 Å². The van der Waals surface area contributed by atoms with E-state index in [1.807, 2.05) is 24.3 Å². The van der Waals surface area contributed by atoms with Gasteiger partial charge in [0.05, 0.1) is 5.92 Å². The number of hydrogen-bond acceptors (Lipinski definition) is 7. The Bertz CT molecular complexity index is 1150. The van der Waals surface area contributed by atoms with Crippen molar-refractivity contribution >= 4 is 40.3 Å². The van der Waals surface area contributed by atoms with Crippen LogP contribution in [0.1, 0.15) is 24.5 Å². The molecule has 0 radical (unpaired) electrons. The Balaban J connectivity index is 1.52. The lowest BCUT2D eigenvalue weighted by Gasteiger charge is -2.26. The molecule has 2 aromatic carbocycles. The molecule has 0 bridgehead atoms. The zero-order chi connectivity index (χ0) is 24.9. The first-order valence-electron chi connectivity index (χ1n) is 11.2. The van der Waals surface area contributed by atoms with Crippen LogP contribution >= 0.6 is 11.8 Å². The molecule has 0 spiro atoms.